The molecule has 160 valence electrons. The van der Waals surface area contributed by atoms with Crippen LogP contribution in [0.2, 0.25) is 0 Å². The number of carbonyl (C=O) groups is 2. The van der Waals surface area contributed by atoms with Crippen molar-refractivity contribution in [1.82, 2.24) is 10.3 Å². The lowest BCUT2D eigenvalue weighted by Gasteiger charge is -2.29. The number of fused-ring (bicyclic) bond motifs is 1. The van der Waals surface area contributed by atoms with Crippen LogP contribution in [0.4, 0.5) is 0 Å². The number of carbonyl (C=O) groups excluding carboxylic acids is 1. The van der Waals surface area contributed by atoms with Crippen molar-refractivity contribution < 1.29 is 24.4 Å². The summed E-state index contributed by atoms with van der Waals surface area (Å²) in [5.74, 6) is 3.59. The van der Waals surface area contributed by atoms with Crippen LogP contribution in [0.5, 0.6) is 5.75 Å². The van der Waals surface area contributed by atoms with Crippen molar-refractivity contribution in [2.24, 2.45) is 16.6 Å². The Kier molecular flexibility index (Phi) is 8.02. The van der Waals surface area contributed by atoms with Crippen LogP contribution >= 0.6 is 0 Å². The Labute approximate surface area is 175 Å². The van der Waals surface area contributed by atoms with Gasteiger partial charge < -0.3 is 30.8 Å². The van der Waals surface area contributed by atoms with Crippen molar-refractivity contribution in [3.05, 3.63) is 52.9 Å². The van der Waals surface area contributed by atoms with Crippen LogP contribution in [0, 0.1) is 0 Å². The Hall–Kier alpha value is -3.31. The second-order valence-electron chi connectivity index (χ2n) is 6.70. The first kappa shape index (κ1) is 23.0. The molecular weight excluding hydrogens is 389 g/mol. The number of benzene rings is 1. The highest BCUT2D eigenvalue weighted by molar-refractivity contribution is 6.47. The number of allylic oxidation sites excluding steroid dienone is 2. The third kappa shape index (κ3) is 5.85. The van der Waals surface area contributed by atoms with E-state index in [1.807, 2.05) is 13.0 Å². The number of nitrogens with two attached hydrogens (primary N) is 2. The maximum absolute atomic E-state index is 12.4. The normalized spacial score (nSPS) is 16.8. The Morgan fingerprint density at radius 1 is 1.47 bits per heavy atom. The Morgan fingerprint density at radius 3 is 2.83 bits per heavy atom. The van der Waals surface area contributed by atoms with E-state index in [0.717, 1.165) is 11.4 Å². The summed E-state index contributed by atoms with van der Waals surface area (Å²) >= 11 is 0. The second-order valence-corrected chi connectivity index (χ2v) is 6.70. The Bertz CT molecular complexity index is 886. The minimum Gasteiger partial charge on any atom is -0.534 e. The minimum atomic E-state index is -1.39. The number of carboxylic acid groups (broad SMARTS) is 1. The molecule has 11 heteroatoms. The number of aromatic carboxylic acids is 1. The fourth-order valence-corrected chi connectivity index (χ4v) is 3.04. The van der Waals surface area contributed by atoms with E-state index in [1.165, 1.54) is 12.3 Å². The summed E-state index contributed by atoms with van der Waals surface area (Å²) in [4.78, 5) is 27.6. The number of nitrogens with zero attached hydrogens (tertiary/aromatic N) is 2. The largest absolute Gasteiger partial charge is 0.547 e. The summed E-state index contributed by atoms with van der Waals surface area (Å²) < 4.78 is 5.35. The summed E-state index contributed by atoms with van der Waals surface area (Å²) in [6.45, 7) is 1.74. The zero-order valence-electron chi connectivity index (χ0n) is 16.9. The highest BCUT2D eigenvalue weighted by Crippen LogP contribution is 2.30. The van der Waals surface area contributed by atoms with Crippen LogP contribution in [0.15, 0.2) is 46.7 Å². The first-order chi connectivity index (χ1) is 14.3. The average molecular weight is 415 g/mol. The van der Waals surface area contributed by atoms with Crippen LogP contribution < -0.4 is 21.5 Å². The van der Waals surface area contributed by atoms with Gasteiger partial charge in [0.2, 0.25) is 5.91 Å². The smallest absolute Gasteiger partial charge is 0.534 e. The molecule has 0 spiro atoms. The van der Waals surface area contributed by atoms with Crippen molar-refractivity contribution in [3.8, 4) is 5.75 Å². The van der Waals surface area contributed by atoms with Gasteiger partial charge in [-0.1, -0.05) is 25.1 Å². The van der Waals surface area contributed by atoms with E-state index in [-0.39, 0.29) is 24.3 Å². The van der Waals surface area contributed by atoms with Gasteiger partial charge in [-0.25, -0.2) is 10.6 Å². The van der Waals surface area contributed by atoms with Gasteiger partial charge in [0.05, 0.1) is 17.2 Å². The number of para-hydroxylation sites is 1. The minimum absolute atomic E-state index is 0.0448. The standard InChI is InChI=1S/C19H26BN5O5/c1-3-5-13(9-23-2)15(21)10-25(22)11-17(26)24-16-8-12-6-4-7-14(19(27)28)18(12)30-20(16)29/h4-7,9-10,16,29H,3,8,11,21-22H2,1-2H3,(H,24,26)(H,27,28)/b13-5+,15-10-,23-9?. The average Bonchev–Trinajstić information content (AvgIpc) is 2.67. The van der Waals surface area contributed by atoms with Gasteiger partial charge in [0.25, 0.3) is 0 Å². The summed E-state index contributed by atoms with van der Waals surface area (Å²) in [5.41, 5.74) is 7.58. The van der Waals surface area contributed by atoms with Crippen molar-refractivity contribution >= 4 is 25.2 Å². The van der Waals surface area contributed by atoms with Crippen molar-refractivity contribution in [2.45, 2.75) is 25.7 Å². The summed E-state index contributed by atoms with van der Waals surface area (Å²) in [6, 6.07) is 4.65. The molecule has 0 aromatic heterocycles. The molecule has 1 aliphatic heterocycles. The molecule has 0 saturated carbocycles. The molecule has 1 atom stereocenters. The Morgan fingerprint density at radius 2 is 2.20 bits per heavy atom. The second kappa shape index (κ2) is 10.5. The maximum atomic E-state index is 12.4. The predicted molar refractivity (Wildman–Crippen MR) is 114 cm³/mol. The number of hydrogen-bond donors (Lipinski definition) is 5. The molecule has 1 unspecified atom stereocenters. The molecule has 1 amide bonds. The topological polar surface area (TPSA) is 163 Å². The molecular formula is C19H26BN5O5. The Balaban J connectivity index is 2.03. The predicted octanol–water partition coefficient (Wildman–Crippen LogP) is -0.163. The van der Waals surface area contributed by atoms with Crippen molar-refractivity contribution in [1.29, 1.82) is 0 Å². The van der Waals surface area contributed by atoms with Gasteiger partial charge in [-0.15, -0.1) is 0 Å². The zero-order chi connectivity index (χ0) is 22.3. The van der Waals surface area contributed by atoms with Crippen LogP contribution in [0.25, 0.3) is 0 Å². The molecule has 7 N–H and O–H groups in total. The fourth-order valence-electron chi connectivity index (χ4n) is 3.04. The van der Waals surface area contributed by atoms with E-state index in [0.29, 0.717) is 16.8 Å². The van der Waals surface area contributed by atoms with Crippen LogP contribution in [-0.4, -0.2) is 59.9 Å². The fraction of sp³-hybridized carbons (Fsp3) is 0.316. The summed E-state index contributed by atoms with van der Waals surface area (Å²) in [6.07, 6.45) is 5.87. The number of hydrazine groups is 1. The monoisotopic (exact) mass is 415 g/mol. The lowest BCUT2D eigenvalue weighted by molar-refractivity contribution is -0.122. The summed E-state index contributed by atoms with van der Waals surface area (Å²) in [7, 11) is 0.230. The van der Waals surface area contributed by atoms with E-state index in [1.54, 1.807) is 25.4 Å². The molecule has 1 heterocycles. The van der Waals surface area contributed by atoms with E-state index < -0.39 is 24.9 Å². The number of carboxylic acids is 1. The molecule has 0 radical (unpaired) electrons. The van der Waals surface area contributed by atoms with Crippen molar-refractivity contribution in [3.63, 3.8) is 0 Å². The lowest BCUT2D eigenvalue weighted by atomic mass is 9.72. The molecule has 1 aliphatic rings. The molecule has 10 nitrogen and oxygen atoms in total. The highest BCUT2D eigenvalue weighted by atomic mass is 16.5. The van der Waals surface area contributed by atoms with Crippen LogP contribution in [0.3, 0.4) is 0 Å². The van der Waals surface area contributed by atoms with Crippen LogP contribution in [-0.2, 0) is 11.2 Å². The van der Waals surface area contributed by atoms with Gasteiger partial charge in [-0.3, -0.25) is 9.79 Å². The van der Waals surface area contributed by atoms with E-state index in [4.69, 9.17) is 16.2 Å². The van der Waals surface area contributed by atoms with Gasteiger partial charge in [0.15, 0.2) is 0 Å². The van der Waals surface area contributed by atoms with Crippen molar-refractivity contribution in [2.75, 3.05) is 13.6 Å². The third-order valence-corrected chi connectivity index (χ3v) is 4.35. The molecule has 0 aliphatic carbocycles. The number of nitrogens with one attached hydrogen (secondary N) is 1. The van der Waals surface area contributed by atoms with E-state index in [9.17, 15) is 19.7 Å². The molecule has 0 fully saturated rings. The molecule has 1 aromatic rings. The zero-order valence-corrected chi connectivity index (χ0v) is 16.9. The SMILES string of the molecule is CC/C=C(C=NC)/C(N)=C/N(N)CC(=O)NC1Cc2cccc(C(=O)O)c2OB1O. The quantitative estimate of drug-likeness (QED) is 0.129. The first-order valence-corrected chi connectivity index (χ1v) is 9.37. The number of hydrogen-bond acceptors (Lipinski definition) is 8. The lowest BCUT2D eigenvalue weighted by Crippen LogP contribution is -2.55. The van der Waals surface area contributed by atoms with Gasteiger partial charge in [-0.2, -0.15) is 0 Å². The van der Waals surface area contributed by atoms with Crippen LogP contribution in [0.1, 0.15) is 29.3 Å². The third-order valence-electron chi connectivity index (χ3n) is 4.35. The number of rotatable bonds is 8. The van der Waals surface area contributed by atoms with E-state index in [2.05, 4.69) is 10.3 Å². The molecule has 2 rings (SSSR count). The molecule has 30 heavy (non-hydrogen) atoms. The molecule has 0 saturated heterocycles. The van der Waals surface area contributed by atoms with E-state index >= 15 is 0 Å². The molecule has 0 bridgehead atoms. The number of amides is 1. The van der Waals surface area contributed by atoms with Gasteiger partial charge in [0.1, 0.15) is 12.3 Å². The number of aliphatic imine (C=N–C) groups is 1. The highest BCUT2D eigenvalue weighted by Gasteiger charge is 2.37. The maximum Gasteiger partial charge on any atom is 0.547 e. The van der Waals surface area contributed by atoms with Gasteiger partial charge in [-0.05, 0) is 24.5 Å². The molecule has 1 aromatic carbocycles. The van der Waals surface area contributed by atoms with Gasteiger partial charge >= 0.3 is 13.1 Å². The van der Waals surface area contributed by atoms with Gasteiger partial charge in [0, 0.05) is 25.0 Å². The summed E-state index contributed by atoms with van der Waals surface area (Å²) in [5, 5.41) is 23.2. The first-order valence-electron chi connectivity index (χ1n) is 9.37.